The third-order valence-corrected chi connectivity index (χ3v) is 3.59. The molecular formula is C11H18N4O2. The molecular weight excluding hydrogens is 220 g/mol. The standard InChI is InChI=1S/C11H18N4O2/c1-2-8-3-5-9(6-4-8)13-10-7-12-14-11(10)15(16)17/h7-9,13H,2-6H2,1H3,(H,12,14). The maximum Gasteiger partial charge on any atom is 0.366 e. The van der Waals surface area contributed by atoms with Gasteiger partial charge in [-0.15, -0.1) is 5.10 Å². The smallest absolute Gasteiger partial charge is 0.366 e. The molecule has 1 heterocycles. The number of anilines is 1. The van der Waals surface area contributed by atoms with Crippen LogP contribution in [-0.2, 0) is 0 Å². The molecule has 1 aromatic rings. The highest BCUT2D eigenvalue weighted by Crippen LogP contribution is 2.30. The summed E-state index contributed by atoms with van der Waals surface area (Å²) >= 11 is 0. The van der Waals surface area contributed by atoms with Crippen LogP contribution in [0.5, 0.6) is 0 Å². The maximum absolute atomic E-state index is 10.7. The van der Waals surface area contributed by atoms with Crippen molar-refractivity contribution >= 4 is 11.5 Å². The van der Waals surface area contributed by atoms with E-state index >= 15 is 0 Å². The van der Waals surface area contributed by atoms with Gasteiger partial charge in [-0.2, -0.15) is 0 Å². The predicted molar refractivity (Wildman–Crippen MR) is 64.9 cm³/mol. The highest BCUT2D eigenvalue weighted by atomic mass is 16.6. The third kappa shape index (κ3) is 2.75. The van der Waals surface area contributed by atoms with E-state index in [1.807, 2.05) is 0 Å². The van der Waals surface area contributed by atoms with Crippen LogP contribution in [0.1, 0.15) is 39.0 Å². The predicted octanol–water partition coefficient (Wildman–Crippen LogP) is 2.70. The van der Waals surface area contributed by atoms with E-state index < -0.39 is 4.92 Å². The molecule has 0 amide bonds. The van der Waals surface area contributed by atoms with E-state index in [9.17, 15) is 10.1 Å². The number of nitro groups is 1. The van der Waals surface area contributed by atoms with Gasteiger partial charge in [0, 0.05) is 6.04 Å². The highest BCUT2D eigenvalue weighted by Gasteiger charge is 2.23. The number of H-pyrrole nitrogens is 1. The van der Waals surface area contributed by atoms with Crippen molar-refractivity contribution in [3.05, 3.63) is 16.3 Å². The van der Waals surface area contributed by atoms with E-state index in [1.54, 1.807) is 0 Å². The Morgan fingerprint density at radius 3 is 2.82 bits per heavy atom. The van der Waals surface area contributed by atoms with Crippen molar-refractivity contribution in [2.75, 3.05) is 5.32 Å². The number of hydrogen-bond acceptors (Lipinski definition) is 4. The van der Waals surface area contributed by atoms with Gasteiger partial charge in [0.05, 0.1) is 0 Å². The lowest BCUT2D eigenvalue weighted by molar-refractivity contribution is -0.388. The quantitative estimate of drug-likeness (QED) is 0.624. The summed E-state index contributed by atoms with van der Waals surface area (Å²) in [5, 5.41) is 20.1. The van der Waals surface area contributed by atoms with E-state index in [1.165, 1.54) is 25.5 Å². The van der Waals surface area contributed by atoms with Crippen molar-refractivity contribution in [2.45, 2.75) is 45.1 Å². The van der Waals surface area contributed by atoms with Crippen LogP contribution in [0.4, 0.5) is 11.5 Å². The zero-order valence-corrected chi connectivity index (χ0v) is 9.98. The van der Waals surface area contributed by atoms with Crippen molar-refractivity contribution in [3.63, 3.8) is 0 Å². The van der Waals surface area contributed by atoms with Gasteiger partial charge in [0.25, 0.3) is 0 Å². The molecule has 0 spiro atoms. The minimum Gasteiger partial charge on any atom is -0.374 e. The molecule has 2 N–H and O–H groups in total. The molecule has 17 heavy (non-hydrogen) atoms. The average molecular weight is 238 g/mol. The first-order valence-electron chi connectivity index (χ1n) is 6.15. The van der Waals surface area contributed by atoms with Crippen molar-refractivity contribution in [2.24, 2.45) is 5.92 Å². The molecule has 1 saturated carbocycles. The van der Waals surface area contributed by atoms with E-state index in [2.05, 4.69) is 22.4 Å². The van der Waals surface area contributed by atoms with E-state index in [0.29, 0.717) is 11.7 Å². The molecule has 0 aromatic carbocycles. The minimum atomic E-state index is -0.437. The van der Waals surface area contributed by atoms with Gasteiger partial charge in [-0.3, -0.25) is 0 Å². The third-order valence-electron chi connectivity index (χ3n) is 3.59. The summed E-state index contributed by atoms with van der Waals surface area (Å²) in [5.41, 5.74) is 0.509. The molecule has 0 saturated heterocycles. The van der Waals surface area contributed by atoms with Crippen LogP contribution in [0.25, 0.3) is 0 Å². The van der Waals surface area contributed by atoms with E-state index in [0.717, 1.165) is 18.8 Å². The number of hydrogen-bond donors (Lipinski definition) is 2. The molecule has 0 bridgehead atoms. The molecule has 0 radical (unpaired) electrons. The lowest BCUT2D eigenvalue weighted by atomic mass is 9.84. The van der Waals surface area contributed by atoms with Crippen molar-refractivity contribution in [3.8, 4) is 0 Å². The molecule has 6 nitrogen and oxygen atoms in total. The van der Waals surface area contributed by atoms with Gasteiger partial charge in [0.15, 0.2) is 5.69 Å². The van der Waals surface area contributed by atoms with Gasteiger partial charge in [-0.1, -0.05) is 18.4 Å². The monoisotopic (exact) mass is 238 g/mol. The van der Waals surface area contributed by atoms with Gasteiger partial charge in [0.2, 0.25) is 0 Å². The van der Waals surface area contributed by atoms with Gasteiger partial charge in [-0.25, -0.2) is 0 Å². The van der Waals surface area contributed by atoms with Crippen LogP contribution >= 0.6 is 0 Å². The molecule has 0 unspecified atom stereocenters. The fraction of sp³-hybridized carbons (Fsp3) is 0.727. The van der Waals surface area contributed by atoms with Crippen LogP contribution in [0.15, 0.2) is 6.20 Å². The minimum absolute atomic E-state index is 0.0392. The Morgan fingerprint density at radius 2 is 2.24 bits per heavy atom. The summed E-state index contributed by atoms with van der Waals surface area (Å²) in [6.07, 6.45) is 7.31. The molecule has 1 fully saturated rings. The van der Waals surface area contributed by atoms with Crippen molar-refractivity contribution in [1.29, 1.82) is 0 Å². The lowest BCUT2D eigenvalue weighted by Gasteiger charge is -2.28. The molecule has 1 aliphatic carbocycles. The molecule has 1 aliphatic rings. The maximum atomic E-state index is 10.7. The first-order chi connectivity index (χ1) is 8.20. The Hall–Kier alpha value is -1.59. The summed E-state index contributed by atoms with van der Waals surface area (Å²) in [6.45, 7) is 2.22. The van der Waals surface area contributed by atoms with Crippen LogP contribution in [-0.4, -0.2) is 21.2 Å². The van der Waals surface area contributed by atoms with Crippen LogP contribution in [0, 0.1) is 16.0 Å². The van der Waals surface area contributed by atoms with Gasteiger partial charge in [0.1, 0.15) is 6.20 Å². The zero-order chi connectivity index (χ0) is 12.3. The van der Waals surface area contributed by atoms with Crippen LogP contribution in [0.3, 0.4) is 0 Å². The molecule has 1 aromatic heterocycles. The van der Waals surface area contributed by atoms with Gasteiger partial charge >= 0.3 is 5.82 Å². The summed E-state index contributed by atoms with van der Waals surface area (Å²) in [5.74, 6) is 0.787. The normalized spacial score (nSPS) is 24.5. The Morgan fingerprint density at radius 1 is 1.53 bits per heavy atom. The largest absolute Gasteiger partial charge is 0.374 e. The molecule has 2 rings (SSSR count). The van der Waals surface area contributed by atoms with E-state index in [-0.39, 0.29) is 5.82 Å². The average Bonchev–Trinajstić information content (AvgIpc) is 2.78. The van der Waals surface area contributed by atoms with Crippen LogP contribution < -0.4 is 5.32 Å². The van der Waals surface area contributed by atoms with Crippen molar-refractivity contribution < 1.29 is 4.92 Å². The Balaban J connectivity index is 1.93. The Bertz CT molecular complexity index is 383. The fourth-order valence-electron chi connectivity index (χ4n) is 2.46. The summed E-state index contributed by atoms with van der Waals surface area (Å²) in [7, 11) is 0. The SMILES string of the molecule is CCC1CCC(Nc2cn[nH]c2[N+](=O)[O-])CC1. The zero-order valence-electron chi connectivity index (χ0n) is 9.98. The first-order valence-corrected chi connectivity index (χ1v) is 6.15. The molecule has 0 aliphatic heterocycles. The first kappa shape index (κ1) is 11.9. The van der Waals surface area contributed by atoms with E-state index in [4.69, 9.17) is 0 Å². The second-order valence-electron chi connectivity index (χ2n) is 4.66. The molecule has 0 atom stereocenters. The molecule has 94 valence electrons. The van der Waals surface area contributed by atoms with Crippen molar-refractivity contribution in [1.82, 2.24) is 10.2 Å². The fourth-order valence-corrected chi connectivity index (χ4v) is 2.46. The second kappa shape index (κ2) is 5.16. The van der Waals surface area contributed by atoms with Crippen LogP contribution in [0.2, 0.25) is 0 Å². The summed E-state index contributed by atoms with van der Waals surface area (Å²) in [4.78, 5) is 10.3. The number of aromatic nitrogens is 2. The lowest BCUT2D eigenvalue weighted by Crippen LogP contribution is -2.26. The number of rotatable bonds is 4. The van der Waals surface area contributed by atoms with Gasteiger partial charge < -0.3 is 15.4 Å². The Labute approximate surface area is 99.9 Å². The number of nitrogens with zero attached hydrogens (tertiary/aromatic N) is 2. The Kier molecular flexibility index (Phi) is 3.61. The van der Waals surface area contributed by atoms with Gasteiger partial charge in [-0.05, 0) is 36.5 Å². The highest BCUT2D eigenvalue weighted by molar-refractivity contribution is 5.56. The number of nitrogens with one attached hydrogen (secondary N) is 2. The topological polar surface area (TPSA) is 83.8 Å². The summed E-state index contributed by atoms with van der Waals surface area (Å²) < 4.78 is 0. The molecule has 6 heteroatoms. The second-order valence-corrected chi connectivity index (χ2v) is 4.66. The summed E-state index contributed by atoms with van der Waals surface area (Å²) in [6, 6.07) is 0.342. The number of aromatic amines is 1.